The Labute approximate surface area is 118 Å². The van der Waals surface area contributed by atoms with Gasteiger partial charge in [-0.05, 0) is 25.2 Å². The maximum Gasteiger partial charge on any atom is 0.260 e. The molecule has 1 fully saturated rings. The molecule has 0 aromatic carbocycles. The lowest BCUT2D eigenvalue weighted by molar-refractivity contribution is 0.100. The highest BCUT2D eigenvalue weighted by molar-refractivity contribution is 7.18. The van der Waals surface area contributed by atoms with Crippen LogP contribution in [0, 0.1) is 0 Å². The van der Waals surface area contributed by atoms with Crippen LogP contribution >= 0.6 is 11.3 Å². The van der Waals surface area contributed by atoms with E-state index >= 15 is 0 Å². The Bertz CT molecular complexity index is 452. The van der Waals surface area contributed by atoms with Gasteiger partial charge in [-0.1, -0.05) is 26.2 Å². The van der Waals surface area contributed by atoms with Gasteiger partial charge in [0.25, 0.3) is 5.91 Å². The van der Waals surface area contributed by atoms with Crippen LogP contribution in [0.1, 0.15) is 66.6 Å². The van der Waals surface area contributed by atoms with Crippen LogP contribution in [0.3, 0.4) is 0 Å². The predicted octanol–water partition coefficient (Wildman–Crippen LogP) is 3.30. The zero-order valence-corrected chi connectivity index (χ0v) is 12.3. The number of thiophene rings is 1. The molecule has 4 nitrogen and oxygen atoms in total. The normalized spacial score (nSPS) is 14.6. The van der Waals surface area contributed by atoms with Gasteiger partial charge in [-0.2, -0.15) is 0 Å². The smallest absolute Gasteiger partial charge is 0.260 e. The quantitative estimate of drug-likeness (QED) is 0.639. The second kappa shape index (κ2) is 6.28. The fraction of sp³-hybridized carbons (Fsp3) is 0.643. The Hall–Kier alpha value is -1.23. The first-order chi connectivity index (χ1) is 9.15. The molecule has 1 heterocycles. The molecule has 1 aliphatic carbocycles. The lowest BCUT2D eigenvalue weighted by atomic mass is 10.1. The number of hydrogen-bond acceptors (Lipinski definition) is 4. The van der Waals surface area contributed by atoms with Crippen molar-refractivity contribution >= 4 is 27.9 Å². The predicted molar refractivity (Wildman–Crippen MR) is 81.9 cm³/mol. The average Bonchev–Trinajstić information content (AvgIpc) is 3.14. The fourth-order valence-corrected chi connectivity index (χ4v) is 3.39. The number of amides is 1. The van der Waals surface area contributed by atoms with E-state index in [9.17, 15) is 4.79 Å². The number of primary amides is 1. The zero-order chi connectivity index (χ0) is 13.8. The Morgan fingerprint density at radius 3 is 2.68 bits per heavy atom. The van der Waals surface area contributed by atoms with Crippen LogP contribution in [0.2, 0.25) is 0 Å². The molecule has 106 valence electrons. The van der Waals surface area contributed by atoms with Gasteiger partial charge >= 0.3 is 0 Å². The number of hydrogen-bond donors (Lipinski definition) is 3. The number of nitrogens with one attached hydrogen (secondary N) is 1. The van der Waals surface area contributed by atoms with Crippen molar-refractivity contribution in [1.29, 1.82) is 0 Å². The lowest BCUT2D eigenvalue weighted by Gasteiger charge is -2.07. The van der Waals surface area contributed by atoms with Gasteiger partial charge in [0.1, 0.15) is 4.88 Å². The van der Waals surface area contributed by atoms with E-state index in [-0.39, 0.29) is 0 Å². The topological polar surface area (TPSA) is 81.1 Å². The minimum absolute atomic E-state index is 0.413. The van der Waals surface area contributed by atoms with Crippen LogP contribution in [-0.4, -0.2) is 12.5 Å². The van der Waals surface area contributed by atoms with Crippen molar-refractivity contribution in [3.63, 3.8) is 0 Å². The standard InChI is InChI=1S/C14H23N3OS/c1-2-3-4-5-8-17-14-10(9-6-7-9)11(15)12(19-14)13(16)18/h9,17H,2-8,15H2,1H3,(H2,16,18). The third-order valence-electron chi connectivity index (χ3n) is 3.51. The van der Waals surface area contributed by atoms with Crippen molar-refractivity contribution in [2.45, 2.75) is 51.4 Å². The van der Waals surface area contributed by atoms with Crippen molar-refractivity contribution in [2.75, 3.05) is 17.6 Å². The number of carbonyl (C=O) groups is 1. The zero-order valence-electron chi connectivity index (χ0n) is 11.5. The summed E-state index contributed by atoms with van der Waals surface area (Å²) < 4.78 is 0. The largest absolute Gasteiger partial charge is 0.397 e. The number of nitrogens with two attached hydrogens (primary N) is 2. The van der Waals surface area contributed by atoms with E-state index < -0.39 is 5.91 Å². The van der Waals surface area contributed by atoms with Crippen LogP contribution in [0.15, 0.2) is 0 Å². The minimum Gasteiger partial charge on any atom is -0.397 e. The second-order valence-electron chi connectivity index (χ2n) is 5.21. The van der Waals surface area contributed by atoms with Gasteiger partial charge < -0.3 is 16.8 Å². The Kier molecular flexibility index (Phi) is 4.69. The van der Waals surface area contributed by atoms with Crippen LogP contribution in [0.4, 0.5) is 10.7 Å². The Morgan fingerprint density at radius 2 is 2.11 bits per heavy atom. The first-order valence-corrected chi connectivity index (χ1v) is 7.92. The molecule has 0 spiro atoms. The summed E-state index contributed by atoms with van der Waals surface area (Å²) in [6.07, 6.45) is 7.25. The molecular formula is C14H23N3OS. The molecule has 1 saturated carbocycles. The number of anilines is 2. The number of rotatable bonds is 8. The van der Waals surface area contributed by atoms with Gasteiger partial charge in [0, 0.05) is 12.1 Å². The molecule has 1 aliphatic rings. The first kappa shape index (κ1) is 14.2. The lowest BCUT2D eigenvalue weighted by Crippen LogP contribution is -2.11. The highest BCUT2D eigenvalue weighted by Gasteiger charge is 2.32. The van der Waals surface area contributed by atoms with E-state index in [1.807, 2.05) is 0 Å². The molecule has 0 aliphatic heterocycles. The summed E-state index contributed by atoms with van der Waals surface area (Å²) in [5, 5.41) is 4.50. The molecule has 0 unspecified atom stereocenters. The molecule has 1 aromatic heterocycles. The van der Waals surface area contributed by atoms with Crippen molar-refractivity contribution in [3.8, 4) is 0 Å². The molecule has 1 amide bonds. The highest BCUT2D eigenvalue weighted by atomic mass is 32.1. The highest BCUT2D eigenvalue weighted by Crippen LogP contribution is 2.50. The van der Waals surface area contributed by atoms with Crippen molar-refractivity contribution in [1.82, 2.24) is 0 Å². The molecule has 0 bridgehead atoms. The van der Waals surface area contributed by atoms with E-state index in [0.717, 1.165) is 23.5 Å². The average molecular weight is 281 g/mol. The maximum absolute atomic E-state index is 11.4. The second-order valence-corrected chi connectivity index (χ2v) is 6.23. The van der Waals surface area contributed by atoms with Crippen molar-refractivity contribution in [3.05, 3.63) is 10.4 Å². The maximum atomic E-state index is 11.4. The summed E-state index contributed by atoms with van der Waals surface area (Å²) >= 11 is 1.42. The molecule has 5 N–H and O–H groups in total. The van der Waals surface area contributed by atoms with E-state index in [4.69, 9.17) is 11.5 Å². The monoisotopic (exact) mass is 281 g/mol. The van der Waals surface area contributed by atoms with Gasteiger partial charge in [-0.15, -0.1) is 11.3 Å². The Morgan fingerprint density at radius 1 is 1.37 bits per heavy atom. The third-order valence-corrected chi connectivity index (χ3v) is 4.70. The minimum atomic E-state index is -0.413. The molecule has 0 radical (unpaired) electrons. The molecular weight excluding hydrogens is 258 g/mol. The van der Waals surface area contributed by atoms with Gasteiger partial charge in [-0.3, -0.25) is 4.79 Å². The molecule has 1 aromatic rings. The number of carbonyl (C=O) groups excluding carboxylic acids is 1. The summed E-state index contributed by atoms with van der Waals surface area (Å²) in [4.78, 5) is 11.9. The summed E-state index contributed by atoms with van der Waals surface area (Å²) in [7, 11) is 0. The van der Waals surface area contributed by atoms with E-state index in [1.165, 1.54) is 43.4 Å². The Balaban J connectivity index is 2.02. The fourth-order valence-electron chi connectivity index (χ4n) is 2.30. The van der Waals surface area contributed by atoms with Gasteiger partial charge in [0.15, 0.2) is 0 Å². The van der Waals surface area contributed by atoms with Gasteiger partial charge in [0.05, 0.1) is 10.7 Å². The van der Waals surface area contributed by atoms with E-state index in [0.29, 0.717) is 16.5 Å². The molecule has 19 heavy (non-hydrogen) atoms. The van der Waals surface area contributed by atoms with Gasteiger partial charge in [-0.25, -0.2) is 0 Å². The van der Waals surface area contributed by atoms with Crippen LogP contribution in [-0.2, 0) is 0 Å². The molecule has 5 heteroatoms. The van der Waals surface area contributed by atoms with Gasteiger partial charge in [0.2, 0.25) is 0 Å². The third kappa shape index (κ3) is 3.41. The summed E-state index contributed by atoms with van der Waals surface area (Å²) in [6, 6.07) is 0. The first-order valence-electron chi connectivity index (χ1n) is 7.11. The number of nitrogen functional groups attached to an aromatic ring is 1. The van der Waals surface area contributed by atoms with Crippen LogP contribution < -0.4 is 16.8 Å². The van der Waals surface area contributed by atoms with E-state index in [2.05, 4.69) is 12.2 Å². The SMILES string of the molecule is CCCCCCNc1sc(C(N)=O)c(N)c1C1CC1. The van der Waals surface area contributed by atoms with E-state index in [1.54, 1.807) is 0 Å². The van der Waals surface area contributed by atoms with Crippen molar-refractivity contribution in [2.24, 2.45) is 5.73 Å². The number of unbranched alkanes of at least 4 members (excludes halogenated alkanes) is 3. The van der Waals surface area contributed by atoms with Crippen LogP contribution in [0.5, 0.6) is 0 Å². The van der Waals surface area contributed by atoms with Crippen LogP contribution in [0.25, 0.3) is 0 Å². The molecule has 0 saturated heterocycles. The summed E-state index contributed by atoms with van der Waals surface area (Å²) in [5.74, 6) is 0.117. The summed E-state index contributed by atoms with van der Waals surface area (Å²) in [6.45, 7) is 3.15. The molecule has 2 rings (SSSR count). The summed E-state index contributed by atoms with van der Waals surface area (Å²) in [5.41, 5.74) is 13.2. The van der Waals surface area contributed by atoms with Crippen molar-refractivity contribution < 1.29 is 4.79 Å². The molecule has 0 atom stereocenters.